The summed E-state index contributed by atoms with van der Waals surface area (Å²) < 4.78 is 5.61. The third-order valence-electron chi connectivity index (χ3n) is 5.33. The van der Waals surface area contributed by atoms with Gasteiger partial charge in [-0.05, 0) is 70.8 Å². The SMILES string of the molecule is CC(=O)C(C(=O)OC(C)(C)C)=C(C1CCCCC1)C1CCCCC1. The molecule has 0 amide bonds. The normalized spacial score (nSPS) is 20.5. The van der Waals surface area contributed by atoms with Gasteiger partial charge in [0.25, 0.3) is 0 Å². The quantitative estimate of drug-likeness (QED) is 0.300. The highest BCUT2D eigenvalue weighted by molar-refractivity contribution is 6.17. The summed E-state index contributed by atoms with van der Waals surface area (Å²) >= 11 is 0. The fourth-order valence-electron chi connectivity index (χ4n) is 4.36. The molecule has 0 N–H and O–H groups in total. The number of hydrogen-bond donors (Lipinski definition) is 0. The smallest absolute Gasteiger partial charge is 0.342 e. The van der Waals surface area contributed by atoms with Crippen molar-refractivity contribution in [3.63, 3.8) is 0 Å². The van der Waals surface area contributed by atoms with Gasteiger partial charge in [-0.25, -0.2) is 4.79 Å². The molecule has 2 rings (SSSR count). The number of ketones is 1. The first-order valence-corrected chi connectivity index (χ1v) is 9.78. The molecular formula is C21H34O3. The van der Waals surface area contributed by atoms with Gasteiger partial charge in [-0.3, -0.25) is 4.79 Å². The first-order chi connectivity index (χ1) is 11.3. The zero-order valence-corrected chi connectivity index (χ0v) is 16.0. The van der Waals surface area contributed by atoms with Gasteiger partial charge in [-0.15, -0.1) is 0 Å². The number of esters is 1. The second kappa shape index (κ2) is 8.31. The van der Waals surface area contributed by atoms with E-state index < -0.39 is 11.6 Å². The molecule has 0 atom stereocenters. The molecule has 3 heteroatoms. The molecule has 0 aromatic heterocycles. The lowest BCUT2D eigenvalue weighted by molar-refractivity contribution is -0.150. The van der Waals surface area contributed by atoms with Crippen LogP contribution in [0.5, 0.6) is 0 Å². The molecule has 0 radical (unpaired) electrons. The van der Waals surface area contributed by atoms with Gasteiger partial charge >= 0.3 is 5.97 Å². The maximum atomic E-state index is 12.8. The second-order valence-corrected chi connectivity index (χ2v) is 8.56. The summed E-state index contributed by atoms with van der Waals surface area (Å²) in [5.41, 5.74) is 0.960. The van der Waals surface area contributed by atoms with Crippen molar-refractivity contribution < 1.29 is 14.3 Å². The minimum Gasteiger partial charge on any atom is -0.456 e. The highest BCUT2D eigenvalue weighted by atomic mass is 16.6. The van der Waals surface area contributed by atoms with E-state index in [1.165, 1.54) is 45.4 Å². The number of carbonyl (C=O) groups is 2. The summed E-state index contributed by atoms with van der Waals surface area (Å²) in [4.78, 5) is 25.3. The highest BCUT2D eigenvalue weighted by Crippen LogP contribution is 2.41. The van der Waals surface area contributed by atoms with Crippen LogP contribution < -0.4 is 0 Å². The number of ether oxygens (including phenoxy) is 1. The van der Waals surface area contributed by atoms with Gasteiger partial charge in [0.15, 0.2) is 5.78 Å². The minimum absolute atomic E-state index is 0.115. The number of carbonyl (C=O) groups excluding carboxylic acids is 2. The van der Waals surface area contributed by atoms with Crippen molar-refractivity contribution in [1.82, 2.24) is 0 Å². The van der Waals surface area contributed by atoms with Gasteiger partial charge in [0.1, 0.15) is 11.2 Å². The Hall–Kier alpha value is -1.12. The summed E-state index contributed by atoms with van der Waals surface area (Å²) in [6, 6.07) is 0. The van der Waals surface area contributed by atoms with E-state index in [2.05, 4.69) is 0 Å². The predicted molar refractivity (Wildman–Crippen MR) is 96.7 cm³/mol. The van der Waals surface area contributed by atoms with E-state index in [9.17, 15) is 9.59 Å². The lowest BCUT2D eigenvalue weighted by Crippen LogP contribution is -2.30. The molecule has 0 aromatic carbocycles. The molecule has 24 heavy (non-hydrogen) atoms. The predicted octanol–water partition coefficient (Wildman–Crippen LogP) is 5.37. The fourth-order valence-corrected chi connectivity index (χ4v) is 4.36. The van der Waals surface area contributed by atoms with Gasteiger partial charge < -0.3 is 4.74 Å². The van der Waals surface area contributed by atoms with Crippen LogP contribution in [0.4, 0.5) is 0 Å². The maximum absolute atomic E-state index is 12.8. The van der Waals surface area contributed by atoms with E-state index in [4.69, 9.17) is 4.74 Å². The Labute approximate surface area is 147 Å². The molecule has 0 saturated heterocycles. The van der Waals surface area contributed by atoms with Crippen molar-refractivity contribution in [2.24, 2.45) is 11.8 Å². The van der Waals surface area contributed by atoms with E-state index in [0.29, 0.717) is 17.4 Å². The van der Waals surface area contributed by atoms with Crippen LogP contribution in [-0.4, -0.2) is 17.4 Å². The van der Waals surface area contributed by atoms with Gasteiger partial charge in [0, 0.05) is 0 Å². The highest BCUT2D eigenvalue weighted by Gasteiger charge is 2.34. The summed E-state index contributed by atoms with van der Waals surface area (Å²) in [6.45, 7) is 7.13. The Bertz CT molecular complexity index is 464. The van der Waals surface area contributed by atoms with E-state index in [1.54, 1.807) is 0 Å². The van der Waals surface area contributed by atoms with Crippen molar-refractivity contribution in [3.8, 4) is 0 Å². The molecule has 2 aliphatic rings. The van der Waals surface area contributed by atoms with Gasteiger partial charge in [-0.1, -0.05) is 38.5 Å². The van der Waals surface area contributed by atoms with E-state index >= 15 is 0 Å². The Kier molecular flexibility index (Phi) is 6.65. The number of allylic oxidation sites excluding steroid dienone is 1. The van der Waals surface area contributed by atoms with Crippen LogP contribution in [-0.2, 0) is 14.3 Å². The summed E-state index contributed by atoms with van der Waals surface area (Å²) in [7, 11) is 0. The molecule has 0 heterocycles. The van der Waals surface area contributed by atoms with Crippen LogP contribution >= 0.6 is 0 Å². The van der Waals surface area contributed by atoms with Crippen LogP contribution in [0.15, 0.2) is 11.1 Å². The first kappa shape index (κ1) is 19.2. The molecule has 0 spiro atoms. The van der Waals surface area contributed by atoms with Crippen LogP contribution in [0, 0.1) is 11.8 Å². The Morgan fingerprint density at radius 1 is 0.792 bits per heavy atom. The van der Waals surface area contributed by atoms with Crippen LogP contribution in [0.25, 0.3) is 0 Å². The van der Waals surface area contributed by atoms with E-state index in [0.717, 1.165) is 31.3 Å². The molecule has 0 unspecified atom stereocenters. The van der Waals surface area contributed by atoms with Crippen molar-refractivity contribution in [1.29, 1.82) is 0 Å². The first-order valence-electron chi connectivity index (χ1n) is 9.78. The average molecular weight is 335 g/mol. The van der Waals surface area contributed by atoms with Gasteiger partial charge in [-0.2, -0.15) is 0 Å². The fraction of sp³-hybridized carbons (Fsp3) is 0.810. The Balaban J connectivity index is 2.41. The minimum atomic E-state index is -0.567. The molecule has 0 aliphatic heterocycles. The molecule has 0 bridgehead atoms. The van der Waals surface area contributed by atoms with Crippen molar-refractivity contribution in [2.75, 3.05) is 0 Å². The van der Waals surface area contributed by atoms with Crippen molar-refractivity contribution in [3.05, 3.63) is 11.1 Å². The zero-order chi connectivity index (χ0) is 17.7. The average Bonchev–Trinajstić information content (AvgIpc) is 2.52. The largest absolute Gasteiger partial charge is 0.456 e. The molecule has 2 fully saturated rings. The lowest BCUT2D eigenvalue weighted by atomic mass is 9.71. The van der Waals surface area contributed by atoms with Gasteiger partial charge in [0.2, 0.25) is 0 Å². The molecule has 0 aromatic rings. The number of rotatable bonds is 4. The Morgan fingerprint density at radius 3 is 1.54 bits per heavy atom. The van der Waals surface area contributed by atoms with Crippen molar-refractivity contribution >= 4 is 11.8 Å². The molecule has 136 valence electrons. The maximum Gasteiger partial charge on any atom is 0.342 e. The molecule has 3 nitrogen and oxygen atoms in total. The topological polar surface area (TPSA) is 43.4 Å². The van der Waals surface area contributed by atoms with Crippen LogP contribution in [0.1, 0.15) is 91.9 Å². The lowest BCUT2D eigenvalue weighted by Gasteiger charge is -2.34. The third-order valence-corrected chi connectivity index (χ3v) is 5.33. The monoisotopic (exact) mass is 334 g/mol. The number of Topliss-reactive ketones (excluding diaryl/α,β-unsaturated/α-hetero) is 1. The molecule has 2 saturated carbocycles. The molecule has 2 aliphatic carbocycles. The standard InChI is InChI=1S/C21H34O3/c1-15(22)18(20(23)24-21(2,3)4)19(16-11-7-5-8-12-16)17-13-9-6-10-14-17/h16-17H,5-14H2,1-4H3. The summed E-state index contributed by atoms with van der Waals surface area (Å²) in [6.07, 6.45) is 11.8. The van der Waals surface area contributed by atoms with Crippen LogP contribution in [0.3, 0.4) is 0 Å². The number of hydrogen-bond acceptors (Lipinski definition) is 3. The Morgan fingerprint density at radius 2 is 1.21 bits per heavy atom. The zero-order valence-electron chi connectivity index (χ0n) is 16.0. The van der Waals surface area contributed by atoms with Gasteiger partial charge in [0.05, 0.1) is 0 Å². The van der Waals surface area contributed by atoms with E-state index in [1.807, 2.05) is 20.8 Å². The summed E-state index contributed by atoms with van der Waals surface area (Å²) in [5.74, 6) is 0.276. The second-order valence-electron chi connectivity index (χ2n) is 8.56. The summed E-state index contributed by atoms with van der Waals surface area (Å²) in [5, 5.41) is 0. The molecular weight excluding hydrogens is 300 g/mol. The van der Waals surface area contributed by atoms with Crippen LogP contribution in [0.2, 0.25) is 0 Å². The van der Waals surface area contributed by atoms with Crippen molar-refractivity contribution in [2.45, 2.75) is 97.5 Å². The van der Waals surface area contributed by atoms with E-state index in [-0.39, 0.29) is 5.78 Å². The third kappa shape index (κ3) is 5.19.